The maximum atomic E-state index is 10.3. The Labute approximate surface area is 93.9 Å². The van der Waals surface area contributed by atoms with Crippen molar-refractivity contribution in [3.05, 3.63) is 17.3 Å². The van der Waals surface area contributed by atoms with Crippen LogP contribution in [0.15, 0.2) is 6.07 Å². The van der Waals surface area contributed by atoms with Crippen LogP contribution in [-0.2, 0) is 17.6 Å². The number of nitrogens with one attached hydrogen (secondary N) is 1. The van der Waals surface area contributed by atoms with Gasteiger partial charge < -0.3 is 10.4 Å². The predicted octanol–water partition coefficient (Wildman–Crippen LogP) is 1.24. The molecule has 0 spiro atoms. The van der Waals surface area contributed by atoms with E-state index in [-0.39, 0.29) is 6.42 Å². The zero-order valence-electron chi connectivity index (χ0n) is 9.07. The topological polar surface area (TPSA) is 75.1 Å². The van der Waals surface area contributed by atoms with Gasteiger partial charge in [0.15, 0.2) is 0 Å². The summed E-state index contributed by atoms with van der Waals surface area (Å²) >= 11 is 0. The fourth-order valence-electron chi connectivity index (χ4n) is 1.87. The molecule has 86 valence electrons. The first-order valence-electron chi connectivity index (χ1n) is 5.57. The van der Waals surface area contributed by atoms with Crippen LogP contribution in [0.2, 0.25) is 0 Å². The summed E-state index contributed by atoms with van der Waals surface area (Å²) in [6.45, 7) is 0.392. The molecular weight excluding hydrogens is 206 g/mol. The number of aryl methyl sites for hydroxylation is 2. The summed E-state index contributed by atoms with van der Waals surface area (Å²) in [5, 5.41) is 19.7. The molecule has 16 heavy (non-hydrogen) atoms. The van der Waals surface area contributed by atoms with E-state index < -0.39 is 5.97 Å². The van der Waals surface area contributed by atoms with Gasteiger partial charge in [-0.25, -0.2) is 0 Å². The first-order chi connectivity index (χ1) is 7.75. The molecule has 0 unspecified atom stereocenters. The highest BCUT2D eigenvalue weighted by Gasteiger charge is 2.11. The zero-order chi connectivity index (χ0) is 11.4. The van der Waals surface area contributed by atoms with Gasteiger partial charge >= 0.3 is 5.97 Å². The number of hydrogen-bond donors (Lipinski definition) is 2. The van der Waals surface area contributed by atoms with Crippen LogP contribution < -0.4 is 5.32 Å². The van der Waals surface area contributed by atoms with E-state index in [9.17, 15) is 4.79 Å². The Hall–Kier alpha value is -1.65. The molecule has 0 atom stereocenters. The van der Waals surface area contributed by atoms with Crippen molar-refractivity contribution in [2.24, 2.45) is 0 Å². The molecule has 1 aliphatic carbocycles. The average molecular weight is 221 g/mol. The van der Waals surface area contributed by atoms with E-state index in [1.807, 2.05) is 6.07 Å². The maximum absolute atomic E-state index is 10.3. The number of carboxylic acid groups (broad SMARTS) is 1. The molecular formula is C11H15N3O2. The smallest absolute Gasteiger partial charge is 0.305 e. The van der Waals surface area contributed by atoms with E-state index in [4.69, 9.17) is 5.11 Å². The van der Waals surface area contributed by atoms with Gasteiger partial charge in [0, 0.05) is 6.54 Å². The number of nitrogens with zero attached hydrogens (tertiary/aromatic N) is 2. The quantitative estimate of drug-likeness (QED) is 0.800. The van der Waals surface area contributed by atoms with Crippen molar-refractivity contribution in [1.29, 1.82) is 0 Å². The Bertz CT molecular complexity index is 393. The van der Waals surface area contributed by atoms with Gasteiger partial charge in [-0.1, -0.05) is 0 Å². The van der Waals surface area contributed by atoms with Crippen molar-refractivity contribution in [3.63, 3.8) is 0 Å². The Morgan fingerprint density at radius 1 is 1.38 bits per heavy atom. The van der Waals surface area contributed by atoms with Crippen molar-refractivity contribution in [2.45, 2.75) is 32.1 Å². The van der Waals surface area contributed by atoms with Gasteiger partial charge in [-0.05, 0) is 37.3 Å². The molecule has 1 aromatic rings. The van der Waals surface area contributed by atoms with E-state index in [0.29, 0.717) is 12.4 Å². The van der Waals surface area contributed by atoms with Crippen molar-refractivity contribution >= 4 is 11.8 Å². The molecule has 5 nitrogen and oxygen atoms in total. The number of aliphatic carboxylic acids is 1. The number of rotatable bonds is 4. The second kappa shape index (κ2) is 4.92. The molecule has 1 aliphatic rings. The van der Waals surface area contributed by atoms with E-state index in [1.54, 1.807) is 0 Å². The lowest BCUT2D eigenvalue weighted by atomic mass is 9.97. The standard InChI is InChI=1S/C11H15N3O2/c15-11(16)5-6-12-10-7-8-3-1-2-4-9(8)13-14-10/h7H,1-6H2,(H,12,14)(H,15,16). The van der Waals surface area contributed by atoms with Crippen LogP contribution in [0.25, 0.3) is 0 Å². The lowest BCUT2D eigenvalue weighted by Gasteiger charge is -2.14. The fourth-order valence-corrected chi connectivity index (χ4v) is 1.87. The molecule has 2 N–H and O–H groups in total. The summed E-state index contributed by atoms with van der Waals surface area (Å²) in [4.78, 5) is 10.3. The Balaban J connectivity index is 1.97. The third-order valence-corrected chi connectivity index (χ3v) is 2.71. The highest BCUT2D eigenvalue weighted by atomic mass is 16.4. The van der Waals surface area contributed by atoms with Gasteiger partial charge in [-0.2, -0.15) is 5.10 Å². The molecule has 0 fully saturated rings. The second-order valence-electron chi connectivity index (χ2n) is 3.98. The SMILES string of the molecule is O=C(O)CCNc1cc2c(nn1)CCCC2. The minimum Gasteiger partial charge on any atom is -0.481 e. The van der Waals surface area contributed by atoms with Crippen LogP contribution in [0.4, 0.5) is 5.82 Å². The summed E-state index contributed by atoms with van der Waals surface area (Å²) in [5.74, 6) is -0.125. The van der Waals surface area contributed by atoms with Crippen LogP contribution in [0.3, 0.4) is 0 Å². The van der Waals surface area contributed by atoms with Crippen LogP contribution in [0.1, 0.15) is 30.5 Å². The summed E-state index contributed by atoms with van der Waals surface area (Å²) in [7, 11) is 0. The van der Waals surface area contributed by atoms with E-state index >= 15 is 0 Å². The fraction of sp³-hybridized carbons (Fsp3) is 0.545. The van der Waals surface area contributed by atoms with Gasteiger partial charge in [0.25, 0.3) is 0 Å². The van der Waals surface area contributed by atoms with Gasteiger partial charge in [-0.3, -0.25) is 4.79 Å². The van der Waals surface area contributed by atoms with Crippen LogP contribution in [0, 0.1) is 0 Å². The van der Waals surface area contributed by atoms with E-state index in [2.05, 4.69) is 15.5 Å². The molecule has 0 amide bonds. The number of anilines is 1. The first-order valence-corrected chi connectivity index (χ1v) is 5.57. The predicted molar refractivity (Wildman–Crippen MR) is 59.4 cm³/mol. The van der Waals surface area contributed by atoms with Crippen molar-refractivity contribution < 1.29 is 9.90 Å². The number of aromatic nitrogens is 2. The Kier molecular flexibility index (Phi) is 3.34. The van der Waals surface area contributed by atoms with E-state index in [0.717, 1.165) is 18.5 Å². The highest BCUT2D eigenvalue weighted by molar-refractivity contribution is 5.67. The normalized spacial score (nSPS) is 14.2. The summed E-state index contributed by atoms with van der Waals surface area (Å²) in [5.41, 5.74) is 2.34. The Morgan fingerprint density at radius 3 is 3.00 bits per heavy atom. The lowest BCUT2D eigenvalue weighted by molar-refractivity contribution is -0.136. The number of carbonyl (C=O) groups is 1. The van der Waals surface area contributed by atoms with Crippen molar-refractivity contribution in [2.75, 3.05) is 11.9 Å². The van der Waals surface area contributed by atoms with Gasteiger partial charge in [-0.15, -0.1) is 5.10 Å². The molecule has 0 saturated carbocycles. The third kappa shape index (κ3) is 2.68. The van der Waals surface area contributed by atoms with Gasteiger partial charge in [0.05, 0.1) is 12.1 Å². The highest BCUT2D eigenvalue weighted by Crippen LogP contribution is 2.20. The van der Waals surface area contributed by atoms with Crippen LogP contribution >= 0.6 is 0 Å². The van der Waals surface area contributed by atoms with Gasteiger partial charge in [0.2, 0.25) is 0 Å². The molecule has 5 heteroatoms. The monoisotopic (exact) mass is 221 g/mol. The molecule has 0 bridgehead atoms. The molecule has 1 heterocycles. The molecule has 2 rings (SSSR count). The minimum atomic E-state index is -0.807. The number of hydrogen-bond acceptors (Lipinski definition) is 4. The van der Waals surface area contributed by atoms with Crippen molar-refractivity contribution in [1.82, 2.24) is 10.2 Å². The number of carboxylic acids is 1. The second-order valence-corrected chi connectivity index (χ2v) is 3.98. The van der Waals surface area contributed by atoms with Crippen LogP contribution in [0.5, 0.6) is 0 Å². The molecule has 0 radical (unpaired) electrons. The van der Waals surface area contributed by atoms with E-state index in [1.165, 1.54) is 18.4 Å². The molecule has 0 saturated heterocycles. The Morgan fingerprint density at radius 2 is 2.19 bits per heavy atom. The largest absolute Gasteiger partial charge is 0.481 e. The summed E-state index contributed by atoms with van der Waals surface area (Å²) < 4.78 is 0. The average Bonchev–Trinajstić information content (AvgIpc) is 2.28. The van der Waals surface area contributed by atoms with Crippen molar-refractivity contribution in [3.8, 4) is 0 Å². The zero-order valence-corrected chi connectivity index (χ0v) is 9.07. The molecule has 0 aliphatic heterocycles. The molecule has 0 aromatic carbocycles. The van der Waals surface area contributed by atoms with Crippen LogP contribution in [-0.4, -0.2) is 27.8 Å². The lowest BCUT2D eigenvalue weighted by Crippen LogP contribution is -2.12. The minimum absolute atomic E-state index is 0.0960. The first kappa shape index (κ1) is 10.9. The van der Waals surface area contributed by atoms with Gasteiger partial charge in [0.1, 0.15) is 5.82 Å². The summed E-state index contributed by atoms with van der Waals surface area (Å²) in [6.07, 6.45) is 4.55. The summed E-state index contributed by atoms with van der Waals surface area (Å²) in [6, 6.07) is 1.99. The molecule has 1 aromatic heterocycles. The number of fused-ring (bicyclic) bond motifs is 1. The maximum Gasteiger partial charge on any atom is 0.305 e. The third-order valence-electron chi connectivity index (χ3n) is 2.71.